The summed E-state index contributed by atoms with van der Waals surface area (Å²) in [5.41, 5.74) is 0. The molecule has 2 atom stereocenters. The van der Waals surface area contributed by atoms with Crippen LogP contribution in [0.5, 0.6) is 0 Å². The third kappa shape index (κ3) is 3.78. The van der Waals surface area contributed by atoms with E-state index in [1.54, 1.807) is 18.4 Å². The van der Waals surface area contributed by atoms with E-state index in [0.717, 1.165) is 6.42 Å². The van der Waals surface area contributed by atoms with Crippen LogP contribution in [-0.2, 0) is 0 Å². The highest BCUT2D eigenvalue weighted by Crippen LogP contribution is 2.12. The molecule has 3 heteroatoms. The Morgan fingerprint density at radius 2 is 2.47 bits per heavy atom. The summed E-state index contributed by atoms with van der Waals surface area (Å²) >= 11 is 0. The highest BCUT2D eigenvalue weighted by Gasteiger charge is 2.12. The van der Waals surface area contributed by atoms with Crippen molar-refractivity contribution in [1.82, 2.24) is 5.32 Å². The maximum Gasteiger partial charge on any atom is 0.133 e. The third-order valence-corrected chi connectivity index (χ3v) is 2.33. The summed E-state index contributed by atoms with van der Waals surface area (Å²) in [6.07, 6.45) is 7.82. The van der Waals surface area contributed by atoms with E-state index in [2.05, 4.69) is 18.2 Å². The smallest absolute Gasteiger partial charge is 0.133 e. The molecule has 15 heavy (non-hydrogen) atoms. The van der Waals surface area contributed by atoms with Crippen molar-refractivity contribution >= 4 is 0 Å². The topological polar surface area (TPSA) is 45.4 Å². The molecule has 2 N–H and O–H groups in total. The lowest BCUT2D eigenvalue weighted by Gasteiger charge is -2.16. The lowest BCUT2D eigenvalue weighted by molar-refractivity contribution is 0.143. The summed E-state index contributed by atoms with van der Waals surface area (Å²) in [7, 11) is 0. The van der Waals surface area contributed by atoms with E-state index in [-0.39, 0.29) is 6.04 Å². The van der Waals surface area contributed by atoms with Crippen LogP contribution in [0.4, 0.5) is 0 Å². The molecule has 0 radical (unpaired) electrons. The quantitative estimate of drug-likeness (QED) is 0.698. The van der Waals surface area contributed by atoms with Gasteiger partial charge in [-0.25, -0.2) is 0 Å². The molecular weight excluding hydrogens is 190 g/mol. The molecule has 3 nitrogen and oxygen atoms in total. The highest BCUT2D eigenvalue weighted by molar-refractivity contribution is 5.02. The Morgan fingerprint density at radius 3 is 3.00 bits per heavy atom. The van der Waals surface area contributed by atoms with Crippen LogP contribution in [0.1, 0.15) is 31.6 Å². The minimum Gasteiger partial charge on any atom is -0.467 e. The monoisotopic (exact) mass is 207 g/mol. The lowest BCUT2D eigenvalue weighted by Crippen LogP contribution is -2.31. The maximum absolute atomic E-state index is 9.71. The van der Waals surface area contributed by atoms with E-state index in [1.807, 2.05) is 0 Å². The van der Waals surface area contributed by atoms with E-state index in [4.69, 9.17) is 10.8 Å². The van der Waals surface area contributed by atoms with Gasteiger partial charge in [0, 0.05) is 19.0 Å². The number of hydrogen-bond donors (Lipinski definition) is 2. The van der Waals surface area contributed by atoms with Crippen molar-refractivity contribution in [2.75, 3.05) is 6.54 Å². The van der Waals surface area contributed by atoms with Crippen molar-refractivity contribution in [3.8, 4) is 12.3 Å². The zero-order valence-corrected chi connectivity index (χ0v) is 8.94. The Hall–Kier alpha value is -1.24. The average Bonchev–Trinajstić information content (AvgIpc) is 2.77. The van der Waals surface area contributed by atoms with Gasteiger partial charge in [0.25, 0.3) is 0 Å². The van der Waals surface area contributed by atoms with Crippen LogP contribution < -0.4 is 5.32 Å². The molecule has 1 aromatic heterocycles. The van der Waals surface area contributed by atoms with Gasteiger partial charge in [-0.05, 0) is 18.6 Å². The highest BCUT2D eigenvalue weighted by atomic mass is 16.4. The first-order valence-electron chi connectivity index (χ1n) is 5.16. The fourth-order valence-corrected chi connectivity index (χ4v) is 1.36. The van der Waals surface area contributed by atoms with Gasteiger partial charge in [-0.1, -0.05) is 6.92 Å². The van der Waals surface area contributed by atoms with Crippen molar-refractivity contribution in [3.63, 3.8) is 0 Å². The number of hydrogen-bond acceptors (Lipinski definition) is 3. The third-order valence-electron chi connectivity index (χ3n) is 2.33. The van der Waals surface area contributed by atoms with E-state index in [0.29, 0.717) is 18.7 Å². The summed E-state index contributed by atoms with van der Waals surface area (Å²) < 4.78 is 5.09. The van der Waals surface area contributed by atoms with Crippen LogP contribution in [0.2, 0.25) is 0 Å². The zero-order valence-electron chi connectivity index (χ0n) is 8.94. The Bertz CT molecular complexity index is 300. The molecule has 0 aliphatic heterocycles. The van der Waals surface area contributed by atoms with Gasteiger partial charge < -0.3 is 14.8 Å². The second-order valence-electron chi connectivity index (χ2n) is 3.45. The van der Waals surface area contributed by atoms with Crippen molar-refractivity contribution in [3.05, 3.63) is 24.2 Å². The van der Waals surface area contributed by atoms with Gasteiger partial charge in [0.15, 0.2) is 0 Å². The molecule has 1 rings (SSSR count). The molecule has 0 aliphatic rings. The Balaban J connectivity index is 2.33. The molecule has 0 aliphatic carbocycles. The van der Waals surface area contributed by atoms with Gasteiger partial charge in [0.05, 0.1) is 6.26 Å². The number of furan rings is 1. The number of aliphatic hydroxyl groups is 1. The molecule has 0 bridgehead atoms. The number of nitrogens with one attached hydrogen (secondary N) is 1. The van der Waals surface area contributed by atoms with Crippen LogP contribution in [-0.4, -0.2) is 17.7 Å². The Morgan fingerprint density at radius 1 is 1.67 bits per heavy atom. The van der Waals surface area contributed by atoms with E-state index in [1.165, 1.54) is 0 Å². The zero-order chi connectivity index (χ0) is 11.1. The van der Waals surface area contributed by atoms with Gasteiger partial charge in [-0.3, -0.25) is 0 Å². The molecular formula is C12H17NO2. The van der Waals surface area contributed by atoms with Crippen molar-refractivity contribution in [2.24, 2.45) is 0 Å². The summed E-state index contributed by atoms with van der Waals surface area (Å²) in [6.45, 7) is 2.53. The fraction of sp³-hybridized carbons (Fsp3) is 0.500. The van der Waals surface area contributed by atoms with Gasteiger partial charge in [0.2, 0.25) is 0 Å². The first-order chi connectivity index (χ1) is 7.27. The summed E-state index contributed by atoms with van der Waals surface area (Å²) in [5.74, 6) is 3.19. The lowest BCUT2D eigenvalue weighted by atomic mass is 10.1. The Kier molecular flexibility index (Phi) is 4.96. The molecule has 0 saturated heterocycles. The van der Waals surface area contributed by atoms with Crippen molar-refractivity contribution < 1.29 is 9.52 Å². The van der Waals surface area contributed by atoms with Crippen LogP contribution in [0.15, 0.2) is 22.8 Å². The van der Waals surface area contributed by atoms with Crippen molar-refractivity contribution in [1.29, 1.82) is 0 Å². The number of aliphatic hydroxyl groups excluding tert-OH is 1. The average molecular weight is 207 g/mol. The second-order valence-corrected chi connectivity index (χ2v) is 3.45. The van der Waals surface area contributed by atoms with Gasteiger partial charge in [-0.15, -0.1) is 12.3 Å². The van der Waals surface area contributed by atoms with Crippen LogP contribution >= 0.6 is 0 Å². The molecule has 1 aromatic rings. The summed E-state index contributed by atoms with van der Waals surface area (Å²) in [4.78, 5) is 0. The van der Waals surface area contributed by atoms with Gasteiger partial charge >= 0.3 is 0 Å². The standard InChI is InChI=1S/C12H17NO2/c1-3-6-10(4-2)13-9-11(14)12-7-5-8-15-12/h1,5,7-8,10-11,13-14H,4,6,9H2,2H3. The number of terminal acetylenes is 1. The normalized spacial score (nSPS) is 14.5. The molecule has 2 unspecified atom stereocenters. The first kappa shape index (κ1) is 11.8. The predicted molar refractivity (Wildman–Crippen MR) is 59.2 cm³/mol. The molecule has 0 amide bonds. The molecule has 0 saturated carbocycles. The predicted octanol–water partition coefficient (Wildman–Crippen LogP) is 1.70. The van der Waals surface area contributed by atoms with Crippen LogP contribution in [0, 0.1) is 12.3 Å². The fourth-order valence-electron chi connectivity index (χ4n) is 1.36. The van der Waals surface area contributed by atoms with Crippen molar-refractivity contribution in [2.45, 2.75) is 31.9 Å². The number of rotatable bonds is 6. The van der Waals surface area contributed by atoms with E-state index < -0.39 is 6.10 Å². The molecule has 82 valence electrons. The first-order valence-corrected chi connectivity index (χ1v) is 5.16. The SMILES string of the molecule is C#CCC(CC)NCC(O)c1ccco1. The van der Waals surface area contributed by atoms with Crippen LogP contribution in [0.25, 0.3) is 0 Å². The summed E-state index contributed by atoms with van der Waals surface area (Å²) in [5, 5.41) is 12.9. The van der Waals surface area contributed by atoms with E-state index >= 15 is 0 Å². The minimum atomic E-state index is -0.605. The van der Waals surface area contributed by atoms with Gasteiger partial charge in [-0.2, -0.15) is 0 Å². The largest absolute Gasteiger partial charge is 0.467 e. The molecule has 0 aromatic carbocycles. The Labute approximate surface area is 90.5 Å². The molecule has 0 fully saturated rings. The maximum atomic E-state index is 9.71. The van der Waals surface area contributed by atoms with Crippen LogP contribution in [0.3, 0.4) is 0 Å². The molecule has 0 spiro atoms. The molecule has 1 heterocycles. The van der Waals surface area contributed by atoms with Gasteiger partial charge in [0.1, 0.15) is 11.9 Å². The second kappa shape index (κ2) is 6.28. The summed E-state index contributed by atoms with van der Waals surface area (Å²) in [6, 6.07) is 3.78. The van der Waals surface area contributed by atoms with E-state index in [9.17, 15) is 5.11 Å². The minimum absolute atomic E-state index is 0.264.